The second-order valence-electron chi connectivity index (χ2n) is 8.46. The topological polar surface area (TPSA) is 92.1 Å². The van der Waals surface area contributed by atoms with Gasteiger partial charge in [0.15, 0.2) is 10.9 Å². The fraction of sp³-hybridized carbons (Fsp3) is 0.409. The maximum Gasteiger partial charge on any atom is 0.239 e. The van der Waals surface area contributed by atoms with Gasteiger partial charge in [0.25, 0.3) is 0 Å². The molecule has 0 saturated carbocycles. The molecule has 3 rings (SSSR count). The molecular weight excluding hydrogens is 412 g/mol. The minimum Gasteiger partial charge on any atom is -0.491 e. The van der Waals surface area contributed by atoms with E-state index in [1.807, 2.05) is 81.1 Å². The van der Waals surface area contributed by atoms with Gasteiger partial charge >= 0.3 is 0 Å². The van der Waals surface area contributed by atoms with Gasteiger partial charge in [0, 0.05) is 29.0 Å². The van der Waals surface area contributed by atoms with E-state index in [4.69, 9.17) is 4.74 Å². The number of amides is 1. The van der Waals surface area contributed by atoms with Gasteiger partial charge in [0.2, 0.25) is 5.91 Å². The van der Waals surface area contributed by atoms with Crippen LogP contribution < -0.4 is 20.7 Å². The Labute approximate surface area is 186 Å². The summed E-state index contributed by atoms with van der Waals surface area (Å²) in [5.41, 5.74) is 1.40. The summed E-state index contributed by atoms with van der Waals surface area (Å²) in [6, 6.07) is 7.62. The maximum atomic E-state index is 12.2. The summed E-state index contributed by atoms with van der Waals surface area (Å²) in [5, 5.41) is 11.3. The van der Waals surface area contributed by atoms with Crippen LogP contribution in [0.2, 0.25) is 0 Å². The number of carbonyl (C=O) groups is 1. The van der Waals surface area contributed by atoms with Crippen LogP contribution in [0.3, 0.4) is 0 Å². The number of benzene rings is 1. The van der Waals surface area contributed by atoms with Crippen LogP contribution in [-0.2, 0) is 11.3 Å². The largest absolute Gasteiger partial charge is 0.491 e. The van der Waals surface area contributed by atoms with E-state index in [-0.39, 0.29) is 24.1 Å². The molecule has 9 heteroatoms. The molecule has 2 heterocycles. The average molecular weight is 443 g/mol. The molecule has 8 nitrogen and oxygen atoms in total. The number of imidazole rings is 1. The van der Waals surface area contributed by atoms with E-state index in [2.05, 4.69) is 25.9 Å². The van der Waals surface area contributed by atoms with Crippen molar-refractivity contribution >= 4 is 33.9 Å². The smallest absolute Gasteiger partial charge is 0.239 e. The zero-order chi connectivity index (χ0) is 22.4. The fourth-order valence-electron chi connectivity index (χ4n) is 2.80. The van der Waals surface area contributed by atoms with Gasteiger partial charge in [-0.2, -0.15) is 0 Å². The fourth-order valence-corrected chi connectivity index (χ4v) is 3.52. The van der Waals surface area contributed by atoms with Crippen LogP contribution in [0.25, 0.3) is 4.96 Å². The average Bonchev–Trinajstić information content (AvgIpc) is 3.25. The SMILES string of the molecule is CC(C)Oc1ccc(NC(=NCc2cn3ccsc3n2)NCC(=O)NC(C)(C)C)cc1. The van der Waals surface area contributed by atoms with Crippen LogP contribution in [0.15, 0.2) is 47.0 Å². The molecule has 0 atom stereocenters. The second-order valence-corrected chi connectivity index (χ2v) is 9.33. The van der Waals surface area contributed by atoms with Crippen LogP contribution in [0.1, 0.15) is 40.3 Å². The Morgan fingerprint density at radius 3 is 2.65 bits per heavy atom. The van der Waals surface area contributed by atoms with Crippen molar-refractivity contribution in [2.75, 3.05) is 11.9 Å². The summed E-state index contributed by atoms with van der Waals surface area (Å²) in [4.78, 5) is 22.3. The van der Waals surface area contributed by atoms with Gasteiger partial charge in [-0.15, -0.1) is 11.3 Å². The number of aliphatic imine (C=N–C) groups is 1. The van der Waals surface area contributed by atoms with Crippen molar-refractivity contribution in [3.63, 3.8) is 0 Å². The van der Waals surface area contributed by atoms with Crippen LogP contribution in [-0.4, -0.2) is 39.4 Å². The van der Waals surface area contributed by atoms with Gasteiger partial charge in [-0.05, 0) is 58.9 Å². The number of ether oxygens (including phenoxy) is 1. The van der Waals surface area contributed by atoms with E-state index in [1.54, 1.807) is 11.3 Å². The molecule has 0 aliphatic heterocycles. The molecular formula is C22H30N6O2S. The highest BCUT2D eigenvalue weighted by Gasteiger charge is 2.14. The third kappa shape index (κ3) is 7.29. The molecule has 0 radical (unpaired) electrons. The van der Waals surface area contributed by atoms with Crippen LogP contribution >= 0.6 is 11.3 Å². The Morgan fingerprint density at radius 2 is 2.00 bits per heavy atom. The highest BCUT2D eigenvalue weighted by Crippen LogP contribution is 2.17. The predicted octanol–water partition coefficient (Wildman–Crippen LogP) is 3.66. The molecule has 3 N–H and O–H groups in total. The molecule has 0 aliphatic carbocycles. The number of rotatable bonds is 7. The van der Waals surface area contributed by atoms with Crippen molar-refractivity contribution in [3.8, 4) is 5.75 Å². The first-order chi connectivity index (χ1) is 14.7. The Balaban J connectivity index is 1.69. The summed E-state index contributed by atoms with van der Waals surface area (Å²) < 4.78 is 7.66. The van der Waals surface area contributed by atoms with Gasteiger partial charge in [-0.3, -0.25) is 9.20 Å². The molecule has 166 valence electrons. The van der Waals surface area contributed by atoms with Crippen molar-refractivity contribution in [1.82, 2.24) is 20.0 Å². The highest BCUT2D eigenvalue weighted by molar-refractivity contribution is 7.15. The molecule has 1 amide bonds. The standard InChI is InChI=1S/C22H30N6O2S/c1-15(2)30-18-8-6-16(7-9-18)25-20(24-13-19(29)27-22(3,4)5)23-12-17-14-28-10-11-31-21(28)26-17/h6-11,14-15H,12-13H2,1-5H3,(H,27,29)(H2,23,24,25). The van der Waals surface area contributed by atoms with E-state index in [0.29, 0.717) is 12.5 Å². The van der Waals surface area contributed by atoms with Gasteiger partial charge in [0.05, 0.1) is 24.9 Å². The van der Waals surface area contributed by atoms with E-state index in [0.717, 1.165) is 22.1 Å². The van der Waals surface area contributed by atoms with Crippen LogP contribution in [0.5, 0.6) is 5.75 Å². The first-order valence-corrected chi connectivity index (χ1v) is 11.1. The molecule has 2 aromatic heterocycles. The summed E-state index contributed by atoms with van der Waals surface area (Å²) in [6.45, 7) is 10.3. The molecule has 0 saturated heterocycles. The quantitative estimate of drug-likeness (QED) is 0.384. The summed E-state index contributed by atoms with van der Waals surface area (Å²) in [6.07, 6.45) is 4.04. The molecule has 0 fully saturated rings. The molecule has 0 aliphatic rings. The highest BCUT2D eigenvalue weighted by atomic mass is 32.1. The zero-order valence-electron chi connectivity index (χ0n) is 18.6. The van der Waals surface area contributed by atoms with Crippen LogP contribution in [0.4, 0.5) is 5.69 Å². The lowest BCUT2D eigenvalue weighted by Gasteiger charge is -2.21. The van der Waals surface area contributed by atoms with Gasteiger partial charge in [-0.1, -0.05) is 0 Å². The number of fused-ring (bicyclic) bond motifs is 1. The lowest BCUT2D eigenvalue weighted by Crippen LogP contribution is -2.46. The van der Waals surface area contributed by atoms with E-state index < -0.39 is 0 Å². The first-order valence-electron chi connectivity index (χ1n) is 10.2. The first kappa shape index (κ1) is 22.6. The Kier molecular flexibility index (Phi) is 7.17. The number of hydrogen-bond acceptors (Lipinski definition) is 5. The number of nitrogens with one attached hydrogen (secondary N) is 3. The normalized spacial score (nSPS) is 12.3. The van der Waals surface area contributed by atoms with Crippen molar-refractivity contribution in [2.24, 2.45) is 4.99 Å². The molecule has 0 spiro atoms. The summed E-state index contributed by atoms with van der Waals surface area (Å²) >= 11 is 1.58. The predicted molar refractivity (Wildman–Crippen MR) is 126 cm³/mol. The van der Waals surface area contributed by atoms with Gasteiger partial charge < -0.3 is 20.7 Å². The summed E-state index contributed by atoms with van der Waals surface area (Å²) in [7, 11) is 0. The van der Waals surface area contributed by atoms with E-state index >= 15 is 0 Å². The minimum absolute atomic E-state index is 0.106. The number of hydrogen-bond donors (Lipinski definition) is 3. The number of guanidine groups is 1. The molecule has 0 unspecified atom stereocenters. The molecule has 0 bridgehead atoms. The Bertz CT molecular complexity index is 1000. The molecule has 1 aromatic carbocycles. The monoisotopic (exact) mass is 442 g/mol. The van der Waals surface area contributed by atoms with Crippen molar-refractivity contribution in [2.45, 2.75) is 52.8 Å². The Hall–Kier alpha value is -3.07. The minimum atomic E-state index is -0.294. The van der Waals surface area contributed by atoms with E-state index in [1.165, 1.54) is 0 Å². The third-order valence-corrected chi connectivity index (χ3v) is 4.73. The number of nitrogens with zero attached hydrogens (tertiary/aromatic N) is 3. The zero-order valence-corrected chi connectivity index (χ0v) is 19.4. The number of thiazole rings is 1. The van der Waals surface area contributed by atoms with Gasteiger partial charge in [0.1, 0.15) is 5.75 Å². The lowest BCUT2D eigenvalue weighted by atomic mass is 10.1. The van der Waals surface area contributed by atoms with Gasteiger partial charge in [-0.25, -0.2) is 9.98 Å². The van der Waals surface area contributed by atoms with Crippen molar-refractivity contribution in [1.29, 1.82) is 0 Å². The third-order valence-electron chi connectivity index (χ3n) is 3.96. The maximum absolute atomic E-state index is 12.2. The second kappa shape index (κ2) is 9.82. The summed E-state index contributed by atoms with van der Waals surface area (Å²) in [5.74, 6) is 1.19. The Morgan fingerprint density at radius 1 is 1.26 bits per heavy atom. The van der Waals surface area contributed by atoms with Crippen molar-refractivity contribution in [3.05, 3.63) is 47.7 Å². The van der Waals surface area contributed by atoms with E-state index in [9.17, 15) is 4.79 Å². The van der Waals surface area contributed by atoms with Crippen LogP contribution in [0, 0.1) is 0 Å². The lowest BCUT2D eigenvalue weighted by molar-refractivity contribution is -0.121. The number of anilines is 1. The number of carbonyl (C=O) groups excluding carboxylic acids is 1. The number of aromatic nitrogens is 2. The molecule has 31 heavy (non-hydrogen) atoms. The molecule has 3 aromatic rings. The van der Waals surface area contributed by atoms with Crippen molar-refractivity contribution < 1.29 is 9.53 Å².